The number of aliphatic imine (C=N–C) groups is 1. The number of hydrogen-bond donors (Lipinski definition) is 0. The molecular weight excluding hydrogens is 350 g/mol. The average Bonchev–Trinajstić information content (AvgIpc) is 2.77. The van der Waals surface area contributed by atoms with Crippen molar-refractivity contribution in [3.8, 4) is 5.75 Å². The van der Waals surface area contributed by atoms with Crippen LogP contribution >= 0.6 is 0 Å². The molecule has 150 valence electrons. The van der Waals surface area contributed by atoms with E-state index in [4.69, 9.17) is 9.73 Å². The molecule has 2 fully saturated rings. The summed E-state index contributed by atoms with van der Waals surface area (Å²) in [5.74, 6) is 1.22. The van der Waals surface area contributed by atoms with Crippen molar-refractivity contribution in [2.75, 3.05) is 40.0 Å². The lowest BCUT2D eigenvalue weighted by Gasteiger charge is -2.34. The van der Waals surface area contributed by atoms with Gasteiger partial charge in [0, 0.05) is 36.5 Å². The van der Waals surface area contributed by atoms with Gasteiger partial charge < -0.3 is 14.5 Å². The fourth-order valence-corrected chi connectivity index (χ4v) is 4.48. The number of likely N-dealkylation sites (tertiary alicyclic amines) is 1. The van der Waals surface area contributed by atoms with E-state index in [1.165, 1.54) is 30.5 Å². The topological polar surface area (TPSA) is 45.1 Å². The first-order valence-electron chi connectivity index (χ1n) is 10.6. The van der Waals surface area contributed by atoms with Gasteiger partial charge in [0.2, 0.25) is 0 Å². The highest BCUT2D eigenvalue weighted by Gasteiger charge is 2.26. The number of rotatable bonds is 6. The van der Waals surface area contributed by atoms with Gasteiger partial charge in [-0.15, -0.1) is 0 Å². The van der Waals surface area contributed by atoms with Crippen molar-refractivity contribution < 1.29 is 9.53 Å². The number of carbonyl (C=O) groups excluding carboxylic acids is 1. The molecule has 1 aromatic rings. The highest BCUT2D eigenvalue weighted by atomic mass is 16.5. The molecule has 0 aromatic heterocycles. The van der Waals surface area contributed by atoms with Crippen molar-refractivity contribution in [1.29, 1.82) is 0 Å². The Morgan fingerprint density at radius 2 is 1.86 bits per heavy atom. The maximum Gasteiger partial charge on any atom is 0.166 e. The number of Topliss-reactive ketones (excluding diaryl/α,β-unsaturated/α-hetero) is 1. The molecule has 4 rings (SSSR count). The van der Waals surface area contributed by atoms with Gasteiger partial charge in [-0.2, -0.15) is 0 Å². The minimum atomic E-state index is 0.149. The van der Waals surface area contributed by atoms with Crippen molar-refractivity contribution in [1.82, 2.24) is 9.80 Å². The highest BCUT2D eigenvalue weighted by molar-refractivity contribution is 6.01. The van der Waals surface area contributed by atoms with Crippen molar-refractivity contribution in [2.45, 2.75) is 38.5 Å². The molecular formula is C23H31N3O2. The molecule has 5 nitrogen and oxygen atoms in total. The molecule has 2 heterocycles. The Bertz CT molecular complexity index is 746. The Kier molecular flexibility index (Phi) is 6.10. The van der Waals surface area contributed by atoms with E-state index in [1.807, 2.05) is 24.3 Å². The summed E-state index contributed by atoms with van der Waals surface area (Å²) in [7, 11) is 1.65. The predicted octanol–water partition coefficient (Wildman–Crippen LogP) is 3.76. The van der Waals surface area contributed by atoms with E-state index in [1.54, 1.807) is 7.11 Å². The maximum atomic E-state index is 12.8. The van der Waals surface area contributed by atoms with Crippen LogP contribution in [0.25, 0.3) is 0 Å². The summed E-state index contributed by atoms with van der Waals surface area (Å²) >= 11 is 0. The number of methoxy groups -OCH3 is 1. The zero-order valence-corrected chi connectivity index (χ0v) is 16.9. The first-order valence-corrected chi connectivity index (χ1v) is 10.6. The van der Waals surface area contributed by atoms with E-state index in [0.29, 0.717) is 0 Å². The molecule has 2 aliphatic heterocycles. The standard InChI is InChI=1S/C23H31N3O2/c1-28-21-8-6-18(7-9-21)23(27)19-10-12-25(13-11-19)14-15-26-16-20-4-2-3-5-22(20)24-17-26/h6-9,16,19H,2-5,10-15,17H2,1H3. The van der Waals surface area contributed by atoms with Crippen LogP contribution in [0, 0.1) is 5.92 Å². The highest BCUT2D eigenvalue weighted by Crippen LogP contribution is 2.25. The first-order chi connectivity index (χ1) is 13.7. The summed E-state index contributed by atoms with van der Waals surface area (Å²) in [5, 5.41) is 0. The number of allylic oxidation sites excluding steroid dienone is 1. The summed E-state index contributed by atoms with van der Waals surface area (Å²) in [4.78, 5) is 22.4. The van der Waals surface area contributed by atoms with Crippen molar-refractivity contribution in [2.24, 2.45) is 10.9 Å². The molecule has 1 aliphatic carbocycles. The molecule has 0 radical (unpaired) electrons. The zero-order chi connectivity index (χ0) is 19.3. The minimum absolute atomic E-state index is 0.149. The fourth-order valence-electron chi connectivity index (χ4n) is 4.48. The molecule has 28 heavy (non-hydrogen) atoms. The van der Waals surface area contributed by atoms with Gasteiger partial charge in [0.05, 0.1) is 7.11 Å². The first kappa shape index (κ1) is 19.2. The van der Waals surface area contributed by atoms with Gasteiger partial charge in [0.1, 0.15) is 12.4 Å². The van der Waals surface area contributed by atoms with E-state index in [-0.39, 0.29) is 11.7 Å². The maximum absolute atomic E-state index is 12.8. The van der Waals surface area contributed by atoms with Gasteiger partial charge in [-0.1, -0.05) is 0 Å². The third-order valence-electron chi connectivity index (χ3n) is 6.30. The van der Waals surface area contributed by atoms with E-state index in [9.17, 15) is 4.79 Å². The Morgan fingerprint density at radius 3 is 2.61 bits per heavy atom. The molecule has 0 unspecified atom stereocenters. The second-order valence-corrected chi connectivity index (χ2v) is 8.13. The van der Waals surface area contributed by atoms with Crippen LogP contribution in [0.3, 0.4) is 0 Å². The molecule has 5 heteroatoms. The SMILES string of the molecule is COc1ccc(C(=O)C2CCN(CCN3C=C4CCCCC4=NC3)CC2)cc1. The van der Waals surface area contributed by atoms with E-state index in [0.717, 1.165) is 63.4 Å². The monoisotopic (exact) mass is 381 g/mol. The largest absolute Gasteiger partial charge is 0.497 e. The molecule has 3 aliphatic rings. The number of ether oxygens (including phenoxy) is 1. The third-order valence-corrected chi connectivity index (χ3v) is 6.30. The minimum Gasteiger partial charge on any atom is -0.497 e. The molecule has 1 saturated heterocycles. The van der Waals surface area contributed by atoms with Gasteiger partial charge in [0.15, 0.2) is 5.78 Å². The summed E-state index contributed by atoms with van der Waals surface area (Å²) in [6.07, 6.45) is 9.20. The van der Waals surface area contributed by atoms with Crippen LogP contribution in [-0.2, 0) is 0 Å². The van der Waals surface area contributed by atoms with Crippen LogP contribution in [0.2, 0.25) is 0 Å². The zero-order valence-electron chi connectivity index (χ0n) is 16.9. The number of hydrogen-bond acceptors (Lipinski definition) is 5. The smallest absolute Gasteiger partial charge is 0.166 e. The van der Waals surface area contributed by atoms with Crippen LogP contribution in [0.4, 0.5) is 0 Å². The summed E-state index contributed by atoms with van der Waals surface area (Å²) in [5.41, 5.74) is 3.61. The molecule has 0 bridgehead atoms. The van der Waals surface area contributed by atoms with E-state index < -0.39 is 0 Å². The molecule has 0 atom stereocenters. The predicted molar refractivity (Wildman–Crippen MR) is 112 cm³/mol. The van der Waals surface area contributed by atoms with Crippen LogP contribution < -0.4 is 4.74 Å². The number of carbonyl (C=O) groups is 1. The normalized spacial score (nSPS) is 21.0. The summed E-state index contributed by atoms with van der Waals surface area (Å²) < 4.78 is 5.18. The molecule has 0 spiro atoms. The van der Waals surface area contributed by atoms with Gasteiger partial charge in [-0.3, -0.25) is 9.79 Å². The second-order valence-electron chi connectivity index (χ2n) is 8.13. The number of ketones is 1. The van der Waals surface area contributed by atoms with Crippen LogP contribution in [-0.4, -0.2) is 61.3 Å². The van der Waals surface area contributed by atoms with E-state index >= 15 is 0 Å². The van der Waals surface area contributed by atoms with Gasteiger partial charge in [0.25, 0.3) is 0 Å². The Balaban J connectivity index is 1.23. The van der Waals surface area contributed by atoms with Gasteiger partial charge in [-0.05, 0) is 81.5 Å². The molecule has 1 aromatic carbocycles. The Hall–Kier alpha value is -2.14. The quantitative estimate of drug-likeness (QED) is 0.704. The Morgan fingerprint density at radius 1 is 1.11 bits per heavy atom. The van der Waals surface area contributed by atoms with Gasteiger partial charge >= 0.3 is 0 Å². The number of piperidine rings is 1. The van der Waals surface area contributed by atoms with Crippen molar-refractivity contribution in [3.63, 3.8) is 0 Å². The molecule has 1 saturated carbocycles. The van der Waals surface area contributed by atoms with E-state index in [2.05, 4.69) is 16.0 Å². The summed E-state index contributed by atoms with van der Waals surface area (Å²) in [6.45, 7) is 4.90. The lowest BCUT2D eigenvalue weighted by Crippen LogP contribution is -2.40. The number of fused-ring (bicyclic) bond motifs is 1. The second kappa shape index (κ2) is 8.91. The van der Waals surface area contributed by atoms with Crippen LogP contribution in [0.5, 0.6) is 5.75 Å². The number of benzene rings is 1. The van der Waals surface area contributed by atoms with Gasteiger partial charge in [-0.25, -0.2) is 0 Å². The lowest BCUT2D eigenvalue weighted by atomic mass is 9.89. The summed E-state index contributed by atoms with van der Waals surface area (Å²) in [6, 6.07) is 7.51. The van der Waals surface area contributed by atoms with Crippen LogP contribution in [0.15, 0.2) is 41.0 Å². The fraction of sp³-hybridized carbons (Fsp3) is 0.565. The Labute approximate surface area is 168 Å². The number of nitrogens with zero attached hydrogens (tertiary/aromatic N) is 3. The average molecular weight is 382 g/mol. The molecule has 0 N–H and O–H groups in total. The van der Waals surface area contributed by atoms with Crippen molar-refractivity contribution in [3.05, 3.63) is 41.6 Å². The van der Waals surface area contributed by atoms with Crippen LogP contribution in [0.1, 0.15) is 48.9 Å². The van der Waals surface area contributed by atoms with Crippen molar-refractivity contribution >= 4 is 11.5 Å². The lowest BCUT2D eigenvalue weighted by molar-refractivity contribution is 0.0834. The third kappa shape index (κ3) is 4.46. The molecule has 0 amide bonds.